The number of rotatable bonds is 2. The van der Waals surface area contributed by atoms with Crippen molar-refractivity contribution >= 4 is 40.9 Å². The molecule has 0 aliphatic carbocycles. The molecule has 2 N–H and O–H groups in total. The maximum absolute atomic E-state index is 12.5. The number of imide groups is 1. The molecule has 1 aromatic heterocycles. The summed E-state index contributed by atoms with van der Waals surface area (Å²) in [6.07, 6.45) is 3.46. The molecule has 0 saturated carbocycles. The van der Waals surface area contributed by atoms with Crippen molar-refractivity contribution in [1.29, 1.82) is 5.41 Å². The zero-order chi connectivity index (χ0) is 17.3. The van der Waals surface area contributed by atoms with E-state index in [4.69, 9.17) is 28.6 Å². The van der Waals surface area contributed by atoms with Crippen LogP contribution in [0.15, 0.2) is 54.4 Å². The van der Waals surface area contributed by atoms with Crippen LogP contribution >= 0.6 is 23.2 Å². The third-order valence-corrected chi connectivity index (χ3v) is 4.61. The number of carbonyl (C=O) groups excluding carboxylic acids is 2. The first-order valence-electron chi connectivity index (χ1n) is 7.08. The monoisotopic (exact) mass is 360 g/mol. The highest BCUT2D eigenvalue weighted by molar-refractivity contribution is 6.42. The molecule has 2 aromatic rings. The number of aromatic nitrogens is 1. The highest BCUT2D eigenvalue weighted by atomic mass is 35.5. The lowest BCUT2D eigenvalue weighted by molar-refractivity contribution is -0.711. The van der Waals surface area contributed by atoms with Gasteiger partial charge in [-0.15, -0.1) is 0 Å². The van der Waals surface area contributed by atoms with E-state index in [9.17, 15) is 9.59 Å². The molecule has 2 atom stereocenters. The second-order valence-corrected chi connectivity index (χ2v) is 6.09. The summed E-state index contributed by atoms with van der Waals surface area (Å²) in [5, 5.41) is 10.5. The summed E-state index contributed by atoms with van der Waals surface area (Å²) in [5.74, 6) is 0.402. The SMILES string of the molecule is N=C=C1C(=O)NC(=O)C([n+]2ccccc2)C1c1ccc(Cl)c(Cl)c1. The minimum atomic E-state index is -0.742. The van der Waals surface area contributed by atoms with Crippen LogP contribution in [0.2, 0.25) is 10.0 Å². The van der Waals surface area contributed by atoms with Crippen molar-refractivity contribution in [2.24, 2.45) is 0 Å². The van der Waals surface area contributed by atoms with E-state index in [1.165, 1.54) is 0 Å². The maximum Gasteiger partial charge on any atom is 0.296 e. The fourth-order valence-corrected chi connectivity index (χ4v) is 3.10. The van der Waals surface area contributed by atoms with Crippen LogP contribution in [0.4, 0.5) is 0 Å². The second kappa shape index (κ2) is 6.57. The van der Waals surface area contributed by atoms with Crippen LogP contribution in [-0.2, 0) is 9.59 Å². The van der Waals surface area contributed by atoms with Crippen LogP contribution < -0.4 is 9.88 Å². The zero-order valence-corrected chi connectivity index (χ0v) is 13.8. The molecule has 1 aromatic carbocycles. The van der Waals surface area contributed by atoms with Gasteiger partial charge in [0, 0.05) is 12.1 Å². The van der Waals surface area contributed by atoms with Gasteiger partial charge in [-0.25, -0.2) is 0 Å². The van der Waals surface area contributed by atoms with Gasteiger partial charge in [-0.1, -0.05) is 35.3 Å². The van der Waals surface area contributed by atoms with Crippen molar-refractivity contribution in [3.8, 4) is 0 Å². The molecule has 1 fully saturated rings. The van der Waals surface area contributed by atoms with E-state index in [1.807, 2.05) is 6.07 Å². The Hall–Kier alpha value is -2.46. The van der Waals surface area contributed by atoms with E-state index in [2.05, 4.69) is 11.2 Å². The molecule has 7 heteroatoms. The standard InChI is InChI=1S/C17H11Cl2N3O2/c18-12-5-4-10(8-13(12)19)14-11(9-20)16(23)21-17(24)15(14)22-6-2-1-3-7-22/h1-8,14-15,20H/p+1. The molecule has 3 rings (SSSR count). The highest BCUT2D eigenvalue weighted by Gasteiger charge is 2.47. The molecular formula is C17H12Cl2N3O2+. The fourth-order valence-electron chi connectivity index (χ4n) is 2.80. The van der Waals surface area contributed by atoms with Crippen LogP contribution in [0.25, 0.3) is 0 Å². The van der Waals surface area contributed by atoms with E-state index >= 15 is 0 Å². The predicted molar refractivity (Wildman–Crippen MR) is 89.3 cm³/mol. The first-order chi connectivity index (χ1) is 11.5. The number of amides is 2. The van der Waals surface area contributed by atoms with Gasteiger partial charge in [0.15, 0.2) is 12.4 Å². The van der Waals surface area contributed by atoms with Crippen molar-refractivity contribution in [3.05, 3.63) is 70.0 Å². The Labute approximate surface area is 148 Å². The lowest BCUT2D eigenvalue weighted by atomic mass is 9.81. The second-order valence-electron chi connectivity index (χ2n) is 5.28. The molecule has 1 aliphatic rings. The van der Waals surface area contributed by atoms with Crippen molar-refractivity contribution < 1.29 is 14.2 Å². The Morgan fingerprint density at radius 1 is 1.08 bits per heavy atom. The van der Waals surface area contributed by atoms with Crippen molar-refractivity contribution in [2.45, 2.75) is 12.0 Å². The van der Waals surface area contributed by atoms with Crippen LogP contribution in [0.3, 0.4) is 0 Å². The quantitative estimate of drug-likeness (QED) is 0.373. The number of hydrogen-bond donors (Lipinski definition) is 2. The third-order valence-electron chi connectivity index (χ3n) is 3.87. The third kappa shape index (κ3) is 2.85. The predicted octanol–water partition coefficient (Wildman–Crippen LogP) is 2.44. The Bertz CT molecular complexity index is 877. The average molecular weight is 361 g/mol. The number of piperidine rings is 1. The van der Waals surface area contributed by atoms with Gasteiger partial charge in [-0.05, 0) is 23.6 Å². The van der Waals surface area contributed by atoms with Gasteiger partial charge in [0.1, 0.15) is 0 Å². The summed E-state index contributed by atoms with van der Waals surface area (Å²) >= 11 is 12.0. The van der Waals surface area contributed by atoms with E-state index in [1.54, 1.807) is 47.3 Å². The van der Waals surface area contributed by atoms with Gasteiger partial charge in [0.2, 0.25) is 6.04 Å². The van der Waals surface area contributed by atoms with E-state index in [-0.39, 0.29) is 5.57 Å². The van der Waals surface area contributed by atoms with Gasteiger partial charge in [0.05, 0.1) is 21.5 Å². The molecule has 0 bridgehead atoms. The first kappa shape index (κ1) is 16.4. The Balaban J connectivity index is 2.20. The summed E-state index contributed by atoms with van der Waals surface area (Å²) < 4.78 is 1.69. The topological polar surface area (TPSA) is 73.9 Å². The molecule has 120 valence electrons. The lowest BCUT2D eigenvalue weighted by Crippen LogP contribution is -2.57. The minimum Gasteiger partial charge on any atom is -0.286 e. The number of pyridine rings is 1. The van der Waals surface area contributed by atoms with E-state index in [0.717, 1.165) is 0 Å². The number of nitrogens with one attached hydrogen (secondary N) is 2. The first-order valence-corrected chi connectivity index (χ1v) is 7.84. The van der Waals surface area contributed by atoms with Crippen LogP contribution in [0, 0.1) is 5.41 Å². The number of carbonyl (C=O) groups is 2. The maximum atomic E-state index is 12.5. The van der Waals surface area contributed by atoms with Crippen molar-refractivity contribution in [1.82, 2.24) is 5.32 Å². The van der Waals surface area contributed by atoms with Crippen molar-refractivity contribution in [2.75, 3.05) is 0 Å². The molecule has 1 aliphatic heterocycles. The van der Waals surface area contributed by atoms with Crippen LogP contribution in [-0.4, -0.2) is 17.7 Å². The van der Waals surface area contributed by atoms with E-state index < -0.39 is 23.8 Å². The molecule has 2 amide bonds. The summed E-state index contributed by atoms with van der Waals surface area (Å²) in [7, 11) is 0. The number of hydrogen-bond acceptors (Lipinski definition) is 3. The minimum absolute atomic E-state index is 0.0642. The molecule has 0 spiro atoms. The normalized spacial score (nSPS) is 20.5. The van der Waals surface area contributed by atoms with Gasteiger partial charge in [-0.2, -0.15) is 4.57 Å². The Morgan fingerprint density at radius 2 is 1.79 bits per heavy atom. The zero-order valence-electron chi connectivity index (χ0n) is 12.3. The number of halogens is 2. The Morgan fingerprint density at radius 3 is 2.42 bits per heavy atom. The largest absolute Gasteiger partial charge is 0.296 e. The lowest BCUT2D eigenvalue weighted by Gasteiger charge is -2.27. The summed E-state index contributed by atoms with van der Waals surface area (Å²) in [6, 6.07) is 9.54. The fraction of sp³-hybridized carbons (Fsp3) is 0.118. The molecule has 1 saturated heterocycles. The molecule has 2 unspecified atom stereocenters. The van der Waals surface area contributed by atoms with Gasteiger partial charge in [-0.3, -0.25) is 20.3 Å². The van der Waals surface area contributed by atoms with E-state index in [0.29, 0.717) is 15.6 Å². The average Bonchev–Trinajstić information content (AvgIpc) is 2.57. The van der Waals surface area contributed by atoms with Gasteiger partial charge >= 0.3 is 0 Å². The molecule has 2 heterocycles. The molecule has 24 heavy (non-hydrogen) atoms. The smallest absolute Gasteiger partial charge is 0.286 e. The summed E-state index contributed by atoms with van der Waals surface area (Å²) in [5.41, 5.74) is 0.679. The van der Waals surface area contributed by atoms with Crippen LogP contribution in [0.5, 0.6) is 0 Å². The summed E-state index contributed by atoms with van der Waals surface area (Å²) in [4.78, 5) is 24.6. The van der Waals surface area contributed by atoms with Crippen LogP contribution in [0.1, 0.15) is 17.5 Å². The highest BCUT2D eigenvalue weighted by Crippen LogP contribution is 2.37. The van der Waals surface area contributed by atoms with Gasteiger partial charge < -0.3 is 0 Å². The van der Waals surface area contributed by atoms with Crippen molar-refractivity contribution in [3.63, 3.8) is 0 Å². The number of nitrogens with zero attached hydrogens (tertiary/aromatic N) is 1. The number of benzene rings is 1. The summed E-state index contributed by atoms with van der Waals surface area (Å²) in [6.45, 7) is 0. The molecule has 5 nitrogen and oxygen atoms in total. The van der Waals surface area contributed by atoms with Gasteiger partial charge in [0.25, 0.3) is 11.8 Å². The molecular weight excluding hydrogens is 349 g/mol. The Kier molecular flexibility index (Phi) is 4.49. The molecule has 0 radical (unpaired) electrons.